The average Bonchev–Trinajstić information content (AvgIpc) is 3.60. The lowest BCUT2D eigenvalue weighted by Gasteiger charge is -2.38. The smallest absolute Gasteiger partial charge is 0.323 e. The molecule has 7 rings (SSSR count). The molecule has 5 amide bonds. The van der Waals surface area contributed by atoms with Gasteiger partial charge in [0.15, 0.2) is 10.8 Å². The Balaban J connectivity index is 0.826. The summed E-state index contributed by atoms with van der Waals surface area (Å²) in [5, 5.41) is 15.8. The van der Waals surface area contributed by atoms with E-state index in [2.05, 4.69) is 58.3 Å². The Morgan fingerprint density at radius 2 is 1.74 bits per heavy atom. The fourth-order valence-electron chi connectivity index (χ4n) is 7.96. The van der Waals surface area contributed by atoms with Crippen LogP contribution in [0.25, 0.3) is 5.65 Å². The van der Waals surface area contributed by atoms with Gasteiger partial charge >= 0.3 is 6.03 Å². The number of pyridine rings is 1. The summed E-state index contributed by atoms with van der Waals surface area (Å²) in [5.41, 5.74) is 3.73. The van der Waals surface area contributed by atoms with Gasteiger partial charge in [0.2, 0.25) is 23.6 Å². The predicted molar refractivity (Wildman–Crippen MR) is 219 cm³/mol. The molecule has 4 N–H and O–H groups in total. The number of carbonyl (C=O) groups excluding carboxylic acids is 4. The molecule has 6 heterocycles. The fourth-order valence-corrected chi connectivity index (χ4v) is 8.29. The summed E-state index contributed by atoms with van der Waals surface area (Å²) < 4.78 is 12.9. The van der Waals surface area contributed by atoms with E-state index >= 15 is 0 Å². The molecule has 3 aliphatic rings. The first-order valence-corrected chi connectivity index (χ1v) is 20.4. The van der Waals surface area contributed by atoms with Crippen LogP contribution >= 0.6 is 23.2 Å². The number of urea groups is 1. The summed E-state index contributed by atoms with van der Waals surface area (Å²) in [7, 11) is 1.54. The van der Waals surface area contributed by atoms with Gasteiger partial charge in [-0.25, -0.2) is 19.3 Å². The third-order valence-corrected chi connectivity index (χ3v) is 11.5. The molecule has 0 spiro atoms. The van der Waals surface area contributed by atoms with Crippen LogP contribution in [0.15, 0.2) is 48.8 Å². The van der Waals surface area contributed by atoms with Crippen molar-refractivity contribution < 1.29 is 28.7 Å². The number of benzene rings is 1. The molecule has 3 fully saturated rings. The van der Waals surface area contributed by atoms with Crippen LogP contribution in [-0.2, 0) is 19.1 Å². The molecule has 16 nitrogen and oxygen atoms in total. The van der Waals surface area contributed by atoms with Crippen molar-refractivity contribution in [3.8, 4) is 5.88 Å². The highest BCUT2D eigenvalue weighted by Gasteiger charge is 2.30. The van der Waals surface area contributed by atoms with E-state index in [0.29, 0.717) is 40.8 Å². The summed E-state index contributed by atoms with van der Waals surface area (Å²) in [6.45, 7) is 6.88. The van der Waals surface area contributed by atoms with Crippen molar-refractivity contribution in [2.75, 3.05) is 68.5 Å². The highest BCUT2D eigenvalue weighted by Crippen LogP contribution is 2.32. The zero-order valence-electron chi connectivity index (χ0n) is 32.5. The van der Waals surface area contributed by atoms with Gasteiger partial charge < -0.3 is 35.2 Å². The Kier molecular flexibility index (Phi) is 13.3. The molecular formula is C40H48Cl2N10O6. The maximum Gasteiger partial charge on any atom is 0.323 e. The number of piperidine rings is 3. The van der Waals surface area contributed by atoms with E-state index in [-0.39, 0.29) is 59.4 Å². The maximum atomic E-state index is 13.2. The lowest BCUT2D eigenvalue weighted by atomic mass is 9.89. The number of nitrogens with zero attached hydrogens (tertiary/aromatic N) is 6. The molecule has 1 unspecified atom stereocenters. The second kappa shape index (κ2) is 18.7. The molecule has 0 bridgehead atoms. The highest BCUT2D eigenvalue weighted by atomic mass is 35.5. The molecule has 0 saturated carbocycles. The van der Waals surface area contributed by atoms with Crippen molar-refractivity contribution in [2.24, 2.45) is 11.8 Å². The zero-order valence-corrected chi connectivity index (χ0v) is 34.0. The Bertz CT molecular complexity index is 2140. The van der Waals surface area contributed by atoms with E-state index in [4.69, 9.17) is 32.7 Å². The van der Waals surface area contributed by atoms with Gasteiger partial charge in [-0.3, -0.25) is 19.7 Å². The number of methoxy groups -OCH3 is 1. The molecule has 2 atom stereocenters. The Morgan fingerprint density at radius 3 is 2.50 bits per heavy atom. The van der Waals surface area contributed by atoms with Crippen LogP contribution in [0.1, 0.15) is 68.7 Å². The van der Waals surface area contributed by atoms with E-state index in [1.165, 1.54) is 23.0 Å². The number of halogens is 2. The normalized spacial score (nSPS) is 18.8. The number of aromatic nitrogens is 4. The van der Waals surface area contributed by atoms with Crippen LogP contribution in [-0.4, -0.2) is 101 Å². The van der Waals surface area contributed by atoms with Crippen molar-refractivity contribution in [2.45, 2.75) is 57.5 Å². The van der Waals surface area contributed by atoms with Crippen molar-refractivity contribution in [1.82, 2.24) is 35.1 Å². The van der Waals surface area contributed by atoms with Gasteiger partial charge in [-0.15, -0.1) is 0 Å². The van der Waals surface area contributed by atoms with Gasteiger partial charge in [-0.1, -0.05) is 35.3 Å². The quantitative estimate of drug-likeness (QED) is 0.0996. The van der Waals surface area contributed by atoms with E-state index in [1.807, 2.05) is 19.1 Å². The van der Waals surface area contributed by atoms with Gasteiger partial charge in [-0.2, -0.15) is 5.10 Å². The largest absolute Gasteiger partial charge is 0.474 e. The molecule has 58 heavy (non-hydrogen) atoms. The molecule has 0 radical (unpaired) electrons. The second-order valence-electron chi connectivity index (χ2n) is 15.0. The molecule has 0 aliphatic carbocycles. The molecule has 3 saturated heterocycles. The summed E-state index contributed by atoms with van der Waals surface area (Å²) in [5.74, 6) is -0.0225. The number of ether oxygens (including phenoxy) is 2. The minimum atomic E-state index is -0.600. The van der Waals surface area contributed by atoms with Crippen molar-refractivity contribution in [3.63, 3.8) is 0 Å². The lowest BCUT2D eigenvalue weighted by molar-refractivity contribution is -0.134. The molecule has 3 aliphatic heterocycles. The zero-order chi connectivity index (χ0) is 40.8. The Hall–Kier alpha value is -5.03. The summed E-state index contributed by atoms with van der Waals surface area (Å²) in [6.07, 6.45) is 7.13. The Labute approximate surface area is 346 Å². The molecule has 308 valence electrons. The lowest BCUT2D eigenvalue weighted by Crippen LogP contribution is -2.44. The number of amides is 5. The van der Waals surface area contributed by atoms with Gasteiger partial charge in [0.25, 0.3) is 0 Å². The van der Waals surface area contributed by atoms with E-state index < -0.39 is 12.1 Å². The number of likely N-dealkylation sites (tertiary alicyclic amines) is 1. The van der Waals surface area contributed by atoms with Crippen LogP contribution in [0, 0.1) is 11.8 Å². The van der Waals surface area contributed by atoms with E-state index in [0.717, 1.165) is 69.7 Å². The predicted octanol–water partition coefficient (Wildman–Crippen LogP) is 5.43. The van der Waals surface area contributed by atoms with Gasteiger partial charge in [-0.05, 0) is 81.8 Å². The number of rotatable bonds is 13. The minimum absolute atomic E-state index is 0.00280. The van der Waals surface area contributed by atoms with Crippen molar-refractivity contribution >= 4 is 69.7 Å². The Morgan fingerprint density at radius 1 is 0.966 bits per heavy atom. The average molecular weight is 836 g/mol. The van der Waals surface area contributed by atoms with Crippen LogP contribution in [0.2, 0.25) is 10.2 Å². The summed E-state index contributed by atoms with van der Waals surface area (Å²) >= 11 is 12.3. The summed E-state index contributed by atoms with van der Waals surface area (Å²) in [6, 6.07) is 10.7. The third kappa shape index (κ3) is 9.97. The first kappa shape index (κ1) is 41.1. The fraction of sp³-hybridized carbons (Fsp3) is 0.475. The number of hydrogen-bond donors (Lipinski definition) is 4. The number of hydrogen-bond acceptors (Lipinski definition) is 11. The van der Waals surface area contributed by atoms with Crippen molar-refractivity contribution in [1.29, 1.82) is 0 Å². The number of fused-ring (bicyclic) bond motifs is 1. The molecule has 4 aromatic rings. The van der Waals surface area contributed by atoms with Gasteiger partial charge in [0.1, 0.15) is 12.3 Å². The van der Waals surface area contributed by atoms with Gasteiger partial charge in [0.05, 0.1) is 41.2 Å². The first-order chi connectivity index (χ1) is 28.0. The topological polar surface area (TPSA) is 184 Å². The van der Waals surface area contributed by atoms with Crippen LogP contribution < -0.4 is 30.9 Å². The van der Waals surface area contributed by atoms with Crippen LogP contribution in [0.5, 0.6) is 5.88 Å². The number of imide groups is 1. The molecule has 3 aromatic heterocycles. The van der Waals surface area contributed by atoms with Crippen LogP contribution in [0.4, 0.5) is 21.9 Å². The third-order valence-electron chi connectivity index (χ3n) is 11.1. The molecule has 18 heteroatoms. The molecular weight excluding hydrogens is 787 g/mol. The number of nitrogens with one attached hydrogen (secondary N) is 4. The maximum absolute atomic E-state index is 13.2. The van der Waals surface area contributed by atoms with E-state index in [9.17, 15) is 19.2 Å². The standard InChI is InChI=1S/C40H48Cl2N10O6/c1-24(57-2)36-32(22-44-34-20-33(42)49-52(34)36)47-40(56)46-31-19-28(41)21-45-39(31)58-17-12-43-37(54)26-10-13-50(14-11-26)23-25-8-15-51(16-9-25)29-5-3-4-27(18-29)30-6-7-35(53)48-38(30)55/h3-5,18-22,24-26,30H,6-17,23H2,1-2H3,(H,43,54)(H2,46,47,56)(H,48,53,55)/t24-,30?/m1/s1. The minimum Gasteiger partial charge on any atom is -0.474 e. The second-order valence-corrected chi connectivity index (χ2v) is 15.8. The SMILES string of the molecule is CO[C@H](C)c1c(NC(=O)Nc2cc(Cl)cnc2OCCNC(=O)C2CCN(CC3CCN(c4cccc(C5CCC(=O)NC5=O)c4)CC3)CC2)cnc2cc(Cl)nn12. The van der Waals surface area contributed by atoms with Gasteiger partial charge in [0, 0.05) is 57.0 Å². The van der Waals surface area contributed by atoms with E-state index in [1.54, 1.807) is 13.2 Å². The van der Waals surface area contributed by atoms with Crippen LogP contribution in [0.3, 0.4) is 0 Å². The highest BCUT2D eigenvalue weighted by molar-refractivity contribution is 6.31. The monoisotopic (exact) mass is 834 g/mol. The van der Waals surface area contributed by atoms with Crippen molar-refractivity contribution in [3.05, 3.63) is 70.2 Å². The number of anilines is 3. The molecule has 1 aromatic carbocycles. The summed E-state index contributed by atoms with van der Waals surface area (Å²) in [4.78, 5) is 63.7. The number of carbonyl (C=O) groups is 4. The first-order valence-electron chi connectivity index (χ1n) is 19.7.